The molecule has 0 heterocycles. The summed E-state index contributed by atoms with van der Waals surface area (Å²) in [6.07, 6.45) is 1.29. The molecule has 7 heteroatoms. The molecule has 0 unspecified atom stereocenters. The molecule has 36 heavy (non-hydrogen) atoms. The average molecular weight is 490 g/mol. The van der Waals surface area contributed by atoms with Crippen LogP contribution in [0.2, 0.25) is 0 Å². The van der Waals surface area contributed by atoms with Crippen LogP contribution in [0.4, 0.5) is 4.39 Å². The third-order valence-electron chi connectivity index (χ3n) is 5.71. The fraction of sp³-hybridized carbons (Fsp3) is 0.241. The van der Waals surface area contributed by atoms with Crippen molar-refractivity contribution in [3.63, 3.8) is 0 Å². The molecule has 2 amide bonds. The molecule has 0 aliphatic rings. The zero-order valence-corrected chi connectivity index (χ0v) is 20.6. The lowest BCUT2D eigenvalue weighted by atomic mass is 10.00. The second kappa shape index (κ2) is 13.1. The van der Waals surface area contributed by atoms with Crippen LogP contribution >= 0.6 is 0 Å². The van der Waals surface area contributed by atoms with Crippen molar-refractivity contribution in [3.8, 4) is 16.9 Å². The topological polar surface area (TPSA) is 79.5 Å². The maximum Gasteiger partial charge on any atom is 0.242 e. The summed E-state index contributed by atoms with van der Waals surface area (Å²) < 4.78 is 18.9. The third-order valence-corrected chi connectivity index (χ3v) is 5.71. The van der Waals surface area contributed by atoms with Gasteiger partial charge in [0.15, 0.2) is 0 Å². The van der Waals surface area contributed by atoms with Crippen LogP contribution in [-0.2, 0) is 22.4 Å². The molecule has 0 aromatic heterocycles. The number of aryl methyl sites for hydroxylation is 1. The molecule has 0 bridgehead atoms. The highest BCUT2D eigenvalue weighted by Gasteiger charge is 2.20. The number of amides is 2. The lowest BCUT2D eigenvalue weighted by molar-refractivity contribution is -0.128. The number of halogens is 1. The Kier molecular flexibility index (Phi) is 9.63. The van der Waals surface area contributed by atoms with Crippen molar-refractivity contribution in [3.05, 3.63) is 102 Å². The molecule has 0 spiro atoms. The smallest absolute Gasteiger partial charge is 0.242 e. The summed E-state index contributed by atoms with van der Waals surface area (Å²) in [6.45, 7) is 6.17. The molecule has 3 rings (SSSR count). The maximum absolute atomic E-state index is 13.2. The van der Waals surface area contributed by atoms with E-state index < -0.39 is 6.04 Å². The van der Waals surface area contributed by atoms with Crippen LogP contribution in [0.1, 0.15) is 18.1 Å². The second-order valence-corrected chi connectivity index (χ2v) is 8.39. The summed E-state index contributed by atoms with van der Waals surface area (Å²) >= 11 is 0. The Balaban J connectivity index is 1.49. The van der Waals surface area contributed by atoms with Crippen LogP contribution in [-0.4, -0.2) is 38.1 Å². The van der Waals surface area contributed by atoms with Crippen LogP contribution in [0.3, 0.4) is 0 Å². The largest absolute Gasteiger partial charge is 0.487 e. The third kappa shape index (κ3) is 7.98. The number of benzene rings is 3. The van der Waals surface area contributed by atoms with Crippen molar-refractivity contribution < 1.29 is 18.7 Å². The van der Waals surface area contributed by atoms with Crippen LogP contribution in [0.25, 0.3) is 11.1 Å². The van der Waals surface area contributed by atoms with E-state index in [0.29, 0.717) is 12.1 Å². The van der Waals surface area contributed by atoms with E-state index in [-0.39, 0.29) is 30.8 Å². The normalized spacial score (nSPS) is 11.3. The molecule has 0 radical (unpaired) electrons. The molecular weight excluding hydrogens is 457 g/mol. The summed E-state index contributed by atoms with van der Waals surface area (Å²) in [5.41, 5.74) is 4.50. The predicted molar refractivity (Wildman–Crippen MR) is 140 cm³/mol. The van der Waals surface area contributed by atoms with Gasteiger partial charge < -0.3 is 20.7 Å². The molecule has 3 N–H and O–H groups in total. The van der Waals surface area contributed by atoms with E-state index in [9.17, 15) is 14.0 Å². The number of carbonyl (C=O) groups excluding carboxylic acids is 2. The van der Waals surface area contributed by atoms with Gasteiger partial charge in [-0.15, -0.1) is 0 Å². The monoisotopic (exact) mass is 489 g/mol. The fourth-order valence-corrected chi connectivity index (χ4v) is 3.59. The van der Waals surface area contributed by atoms with E-state index in [2.05, 4.69) is 29.5 Å². The SMILES string of the molecule is C=C(COc1ccc(CC)cc1)NCC(=O)N[C@H](Cc1ccc(-c2ccc(F)cc2)cc1)C(=O)NC. The summed E-state index contributed by atoms with van der Waals surface area (Å²) in [6, 6.07) is 21.0. The van der Waals surface area contributed by atoms with Gasteiger partial charge in [0, 0.05) is 19.2 Å². The van der Waals surface area contributed by atoms with Crippen LogP contribution in [0, 0.1) is 5.82 Å². The number of likely N-dealkylation sites (N-methyl/N-ethyl adjacent to an activating group) is 1. The summed E-state index contributed by atoms with van der Waals surface area (Å²) in [5.74, 6) is -0.180. The Hall–Kier alpha value is -4.13. The summed E-state index contributed by atoms with van der Waals surface area (Å²) in [4.78, 5) is 24.9. The Bertz CT molecular complexity index is 1160. The minimum absolute atomic E-state index is 0.0338. The number of carbonyl (C=O) groups is 2. The molecule has 1 atom stereocenters. The zero-order valence-electron chi connectivity index (χ0n) is 20.6. The number of hydrogen-bond donors (Lipinski definition) is 3. The Morgan fingerprint density at radius 1 is 0.917 bits per heavy atom. The van der Waals surface area contributed by atoms with Crippen molar-refractivity contribution >= 4 is 11.8 Å². The summed E-state index contributed by atoms with van der Waals surface area (Å²) in [5, 5.41) is 8.31. The van der Waals surface area contributed by atoms with Gasteiger partial charge in [0.05, 0.1) is 6.54 Å². The lowest BCUT2D eigenvalue weighted by Crippen LogP contribution is -2.49. The number of ether oxygens (including phenoxy) is 1. The van der Waals surface area contributed by atoms with Crippen molar-refractivity contribution in [2.45, 2.75) is 25.8 Å². The molecule has 0 saturated heterocycles. The molecule has 0 saturated carbocycles. The van der Waals surface area contributed by atoms with E-state index >= 15 is 0 Å². The van der Waals surface area contributed by atoms with Gasteiger partial charge in [-0.25, -0.2) is 4.39 Å². The van der Waals surface area contributed by atoms with E-state index in [1.807, 2.05) is 48.5 Å². The number of hydrogen-bond acceptors (Lipinski definition) is 4. The quantitative estimate of drug-likeness (QED) is 0.359. The van der Waals surface area contributed by atoms with Gasteiger partial charge >= 0.3 is 0 Å². The van der Waals surface area contributed by atoms with Crippen molar-refractivity contribution in [1.82, 2.24) is 16.0 Å². The van der Waals surface area contributed by atoms with E-state index in [1.54, 1.807) is 12.1 Å². The van der Waals surface area contributed by atoms with Gasteiger partial charge in [-0.2, -0.15) is 0 Å². The molecule has 188 valence electrons. The highest BCUT2D eigenvalue weighted by Crippen LogP contribution is 2.20. The summed E-state index contributed by atoms with van der Waals surface area (Å²) in [7, 11) is 1.53. The number of nitrogens with one attached hydrogen (secondary N) is 3. The first-order valence-electron chi connectivity index (χ1n) is 11.9. The van der Waals surface area contributed by atoms with E-state index in [0.717, 1.165) is 28.9 Å². The van der Waals surface area contributed by atoms with Gasteiger partial charge in [0.1, 0.15) is 24.2 Å². The maximum atomic E-state index is 13.2. The number of rotatable bonds is 12. The minimum atomic E-state index is -0.734. The van der Waals surface area contributed by atoms with E-state index in [4.69, 9.17) is 4.74 Å². The molecule has 0 fully saturated rings. The first kappa shape index (κ1) is 26.5. The Morgan fingerprint density at radius 3 is 2.08 bits per heavy atom. The van der Waals surface area contributed by atoms with Gasteiger partial charge in [-0.1, -0.05) is 62.0 Å². The predicted octanol–water partition coefficient (Wildman–Crippen LogP) is 4.01. The molecule has 0 aliphatic carbocycles. The second-order valence-electron chi connectivity index (χ2n) is 8.39. The highest BCUT2D eigenvalue weighted by atomic mass is 19.1. The molecule has 0 aliphatic heterocycles. The van der Waals surface area contributed by atoms with Crippen LogP contribution in [0.5, 0.6) is 5.75 Å². The van der Waals surface area contributed by atoms with Gasteiger partial charge in [-0.05, 0) is 52.9 Å². The first-order chi connectivity index (χ1) is 17.4. The first-order valence-corrected chi connectivity index (χ1v) is 11.9. The zero-order chi connectivity index (χ0) is 25.9. The molecular formula is C29H32FN3O3. The van der Waals surface area contributed by atoms with Crippen LogP contribution < -0.4 is 20.7 Å². The van der Waals surface area contributed by atoms with E-state index in [1.165, 1.54) is 24.7 Å². The minimum Gasteiger partial charge on any atom is -0.487 e. The highest BCUT2D eigenvalue weighted by molar-refractivity contribution is 5.88. The van der Waals surface area contributed by atoms with Crippen molar-refractivity contribution in [2.24, 2.45) is 0 Å². The fourth-order valence-electron chi connectivity index (χ4n) is 3.59. The average Bonchev–Trinajstić information content (AvgIpc) is 2.91. The van der Waals surface area contributed by atoms with Gasteiger partial charge in [-0.3, -0.25) is 9.59 Å². The molecule has 6 nitrogen and oxygen atoms in total. The molecule has 3 aromatic rings. The van der Waals surface area contributed by atoms with Gasteiger partial charge in [0.2, 0.25) is 11.8 Å². The van der Waals surface area contributed by atoms with Crippen molar-refractivity contribution in [1.29, 1.82) is 0 Å². The standard InChI is InChI=1S/C29H32FN3O3/c1-4-21-7-15-26(16-8-21)36-19-20(2)32-18-28(34)33-27(29(35)31-3)17-22-5-9-23(10-6-22)24-11-13-25(30)14-12-24/h5-16,27,32H,2,4,17-19H2,1,3H3,(H,31,35)(H,33,34)/t27-/m1/s1. The Morgan fingerprint density at radius 2 is 1.50 bits per heavy atom. The van der Waals surface area contributed by atoms with Gasteiger partial charge in [0.25, 0.3) is 0 Å². The van der Waals surface area contributed by atoms with Crippen molar-refractivity contribution in [2.75, 3.05) is 20.2 Å². The molecule has 3 aromatic carbocycles. The Labute approximate surface area is 211 Å². The lowest BCUT2D eigenvalue weighted by Gasteiger charge is -2.18. The van der Waals surface area contributed by atoms with Crippen LogP contribution in [0.15, 0.2) is 85.1 Å².